The summed E-state index contributed by atoms with van der Waals surface area (Å²) in [6.45, 7) is 15.1. The second kappa shape index (κ2) is 11.3. The first-order valence-electron chi connectivity index (χ1n) is 8.95. The fourth-order valence-corrected chi connectivity index (χ4v) is 4.98. The number of rotatable bonds is 12. The van der Waals surface area contributed by atoms with E-state index >= 15 is 0 Å². The molecular formula is C18H40O2Sn. The van der Waals surface area contributed by atoms with Crippen LogP contribution in [-0.4, -0.2) is 45.5 Å². The standard InChI is InChI=1S/C18H37O2.Sn.3H/c1-7-19-16(3)15-17(20-8-2)13-11-9-10-12-14-18(4,5)6;;;;/h17H,7-15H2,1-6H3;;;;. The normalized spacial score (nSPS) is 16.9. The first-order valence-corrected chi connectivity index (χ1v) is 11.8. The van der Waals surface area contributed by atoms with Gasteiger partial charge in [-0.3, -0.25) is 0 Å². The number of hydrogen-bond acceptors (Lipinski definition) is 2. The van der Waals surface area contributed by atoms with Gasteiger partial charge in [-0.15, -0.1) is 0 Å². The Bertz CT molecular complexity index is 246. The number of hydrogen-bond donors (Lipinski definition) is 0. The average molecular weight is 407 g/mol. The third-order valence-electron chi connectivity index (χ3n) is 3.86. The molecule has 0 aromatic carbocycles. The molecule has 0 aliphatic rings. The SMILES string of the molecule is CCOC(CCCCCCC(C)(C)C)C[C](C)([SnH3])OCC. The average Bonchev–Trinajstić information content (AvgIpc) is 2.31. The molecule has 2 atom stereocenters. The molecular weight excluding hydrogens is 367 g/mol. The van der Waals surface area contributed by atoms with Crippen LogP contribution < -0.4 is 0 Å². The van der Waals surface area contributed by atoms with Crippen LogP contribution in [0.1, 0.15) is 86.5 Å². The van der Waals surface area contributed by atoms with Crippen molar-refractivity contribution in [2.45, 2.75) is 96.2 Å². The van der Waals surface area contributed by atoms with E-state index < -0.39 is 0 Å². The van der Waals surface area contributed by atoms with Gasteiger partial charge in [0.05, 0.1) is 0 Å². The van der Waals surface area contributed by atoms with Crippen LogP contribution in [0.25, 0.3) is 0 Å². The van der Waals surface area contributed by atoms with Crippen molar-refractivity contribution in [3.63, 3.8) is 0 Å². The van der Waals surface area contributed by atoms with Crippen LogP contribution in [0.15, 0.2) is 0 Å². The van der Waals surface area contributed by atoms with Gasteiger partial charge >= 0.3 is 147 Å². The molecule has 0 aromatic rings. The molecule has 0 radical (unpaired) electrons. The molecule has 0 fully saturated rings. The topological polar surface area (TPSA) is 18.5 Å². The van der Waals surface area contributed by atoms with E-state index in [0.29, 0.717) is 34.0 Å². The molecule has 0 aliphatic heterocycles. The zero-order valence-electron chi connectivity index (χ0n) is 15.8. The summed E-state index contributed by atoms with van der Waals surface area (Å²) in [4.78, 5) is 0. The molecule has 0 heterocycles. The van der Waals surface area contributed by atoms with E-state index in [-0.39, 0.29) is 3.62 Å². The fraction of sp³-hybridized carbons (Fsp3) is 1.00. The molecule has 128 valence electrons. The van der Waals surface area contributed by atoms with Crippen LogP contribution >= 0.6 is 0 Å². The summed E-state index contributed by atoms with van der Waals surface area (Å²) in [5.41, 5.74) is 0.488. The summed E-state index contributed by atoms with van der Waals surface area (Å²) in [5, 5.41) is 0. The Morgan fingerprint density at radius 3 is 2.05 bits per heavy atom. The maximum absolute atomic E-state index is 5.94. The quantitative estimate of drug-likeness (QED) is 0.355. The predicted molar refractivity (Wildman–Crippen MR) is 97.2 cm³/mol. The summed E-state index contributed by atoms with van der Waals surface area (Å²) in [6.07, 6.45) is 9.40. The van der Waals surface area contributed by atoms with Gasteiger partial charge in [0.15, 0.2) is 0 Å². The summed E-state index contributed by atoms with van der Waals surface area (Å²) in [5.74, 6) is 0. The molecule has 3 heteroatoms. The van der Waals surface area contributed by atoms with Crippen molar-refractivity contribution in [3.05, 3.63) is 0 Å². The first kappa shape index (κ1) is 21.7. The monoisotopic (exact) mass is 408 g/mol. The van der Waals surface area contributed by atoms with Gasteiger partial charge in [0, 0.05) is 0 Å². The van der Waals surface area contributed by atoms with E-state index in [4.69, 9.17) is 9.47 Å². The first-order chi connectivity index (χ1) is 9.70. The minimum absolute atomic E-state index is 0.141. The second-order valence-electron chi connectivity index (χ2n) is 7.99. The van der Waals surface area contributed by atoms with Crippen LogP contribution in [-0.2, 0) is 9.47 Å². The molecule has 2 unspecified atom stereocenters. The molecule has 0 bridgehead atoms. The van der Waals surface area contributed by atoms with Crippen LogP contribution in [0.5, 0.6) is 0 Å². The molecule has 0 N–H and O–H groups in total. The van der Waals surface area contributed by atoms with Crippen LogP contribution in [0.4, 0.5) is 0 Å². The van der Waals surface area contributed by atoms with Crippen molar-refractivity contribution in [3.8, 4) is 0 Å². The van der Waals surface area contributed by atoms with E-state index in [1.54, 1.807) is 0 Å². The molecule has 0 saturated heterocycles. The fourth-order valence-electron chi connectivity index (χ4n) is 2.86. The Labute approximate surface area is 146 Å². The minimum atomic E-state index is 0.141. The van der Waals surface area contributed by atoms with Gasteiger partial charge in [-0.1, -0.05) is 0 Å². The Balaban J connectivity index is 3.89. The van der Waals surface area contributed by atoms with E-state index in [2.05, 4.69) is 41.5 Å². The van der Waals surface area contributed by atoms with Gasteiger partial charge in [-0.25, -0.2) is 0 Å². The Morgan fingerprint density at radius 2 is 1.52 bits per heavy atom. The molecule has 0 aliphatic carbocycles. The van der Waals surface area contributed by atoms with Crippen LogP contribution in [0.2, 0.25) is 0 Å². The van der Waals surface area contributed by atoms with Gasteiger partial charge in [0.2, 0.25) is 0 Å². The van der Waals surface area contributed by atoms with Gasteiger partial charge in [0.25, 0.3) is 0 Å². The Hall–Kier alpha value is 0.719. The van der Waals surface area contributed by atoms with E-state index in [1.807, 2.05) is 0 Å². The number of unbranched alkanes of at least 4 members (excludes halogenated alkanes) is 3. The van der Waals surface area contributed by atoms with Gasteiger partial charge in [0.1, 0.15) is 0 Å². The maximum atomic E-state index is 5.94. The van der Waals surface area contributed by atoms with Crippen molar-refractivity contribution in [2.75, 3.05) is 13.2 Å². The zero-order chi connectivity index (χ0) is 16.4. The van der Waals surface area contributed by atoms with Gasteiger partial charge in [-0.05, 0) is 0 Å². The van der Waals surface area contributed by atoms with Gasteiger partial charge < -0.3 is 0 Å². The van der Waals surface area contributed by atoms with Crippen molar-refractivity contribution in [1.29, 1.82) is 0 Å². The predicted octanol–water partition coefficient (Wildman–Crippen LogP) is 4.29. The second-order valence-corrected chi connectivity index (χ2v) is 14.0. The molecule has 2 nitrogen and oxygen atoms in total. The van der Waals surface area contributed by atoms with E-state index in [0.717, 1.165) is 19.6 Å². The van der Waals surface area contributed by atoms with Crippen molar-refractivity contribution < 1.29 is 9.47 Å². The van der Waals surface area contributed by atoms with Crippen molar-refractivity contribution in [2.24, 2.45) is 5.41 Å². The van der Waals surface area contributed by atoms with Crippen LogP contribution in [0, 0.1) is 5.41 Å². The molecule has 0 saturated carbocycles. The molecule has 0 aromatic heterocycles. The molecule has 0 spiro atoms. The van der Waals surface area contributed by atoms with Crippen molar-refractivity contribution >= 4 is 22.5 Å². The summed E-state index contributed by atoms with van der Waals surface area (Å²) in [6, 6.07) is 0. The summed E-state index contributed by atoms with van der Waals surface area (Å²) >= 11 is 0.499. The zero-order valence-corrected chi connectivity index (χ0v) is 21.5. The van der Waals surface area contributed by atoms with Crippen LogP contribution in [0.3, 0.4) is 0 Å². The van der Waals surface area contributed by atoms with Gasteiger partial charge in [-0.2, -0.15) is 0 Å². The summed E-state index contributed by atoms with van der Waals surface area (Å²) < 4.78 is 12.0. The third kappa shape index (κ3) is 14.1. The van der Waals surface area contributed by atoms with E-state index in [1.165, 1.54) is 38.5 Å². The molecule has 0 amide bonds. The summed E-state index contributed by atoms with van der Waals surface area (Å²) in [7, 11) is 0. The molecule has 21 heavy (non-hydrogen) atoms. The van der Waals surface area contributed by atoms with Crippen molar-refractivity contribution in [1.82, 2.24) is 0 Å². The third-order valence-corrected chi connectivity index (χ3v) is 5.85. The van der Waals surface area contributed by atoms with E-state index in [9.17, 15) is 0 Å². The Kier molecular flexibility index (Phi) is 11.7. The number of ether oxygens (including phenoxy) is 2. The Morgan fingerprint density at radius 1 is 0.905 bits per heavy atom. The molecule has 0 rings (SSSR count).